The number of nitrogens with one attached hydrogen (secondary N) is 1. The number of amides is 1. The molecule has 2 aliphatic heterocycles. The standard InChI is InChI=1S/C31H33FN4O4/c1-38-23-12-20(6-11-33-23)24-21(4-5-22(25(24)32)34-27(37)30-13-18(14-30)15-30)16-29-7-9-31(10-8-29,39-17-29)28-35-26(36-40-28)19-2-3-19/h4-6,11-12,18-19H,2-3,7-10,13-17H2,1H3,(H,34,37). The molecular formula is C31H33FN4O4. The second-order valence-corrected chi connectivity index (χ2v) is 13.0. The van der Waals surface area contributed by atoms with E-state index in [1.807, 2.05) is 6.07 Å². The first-order valence-electron chi connectivity index (χ1n) is 14.5. The fraction of sp³-hybridized carbons (Fsp3) is 0.548. The molecule has 0 spiro atoms. The molecule has 8 nitrogen and oxygen atoms in total. The molecule has 208 valence electrons. The van der Waals surface area contributed by atoms with Gasteiger partial charge < -0.3 is 19.3 Å². The maximum atomic E-state index is 16.4. The molecule has 2 aromatic heterocycles. The Morgan fingerprint density at radius 2 is 1.95 bits per heavy atom. The minimum atomic E-state index is -0.510. The van der Waals surface area contributed by atoms with Gasteiger partial charge in [-0.25, -0.2) is 9.37 Å². The Morgan fingerprint density at radius 1 is 1.15 bits per heavy atom. The number of aromatic nitrogens is 3. The third-order valence-electron chi connectivity index (χ3n) is 10.3. The Bertz CT molecular complexity index is 1470. The van der Waals surface area contributed by atoms with Crippen molar-refractivity contribution < 1.29 is 23.2 Å². The summed E-state index contributed by atoms with van der Waals surface area (Å²) in [6.07, 6.45) is 10.8. The summed E-state index contributed by atoms with van der Waals surface area (Å²) in [7, 11) is 1.55. The molecule has 10 rings (SSSR count). The van der Waals surface area contributed by atoms with Crippen molar-refractivity contribution in [3.05, 3.63) is 53.6 Å². The van der Waals surface area contributed by atoms with Gasteiger partial charge in [0.2, 0.25) is 11.8 Å². The van der Waals surface area contributed by atoms with Crippen molar-refractivity contribution in [1.82, 2.24) is 15.1 Å². The Labute approximate surface area is 232 Å². The van der Waals surface area contributed by atoms with E-state index in [0.29, 0.717) is 47.8 Å². The first kappa shape index (κ1) is 24.5. The maximum Gasteiger partial charge on any atom is 0.258 e. The molecule has 2 saturated heterocycles. The highest BCUT2D eigenvalue weighted by Crippen LogP contribution is 2.64. The smallest absolute Gasteiger partial charge is 0.258 e. The third kappa shape index (κ3) is 3.73. The van der Waals surface area contributed by atoms with Crippen LogP contribution in [0.2, 0.25) is 0 Å². The molecule has 7 fully saturated rings. The van der Waals surface area contributed by atoms with Crippen LogP contribution >= 0.6 is 0 Å². The number of nitrogens with zero attached hydrogens (tertiary/aromatic N) is 3. The Hall–Kier alpha value is -3.33. The number of fused-ring (bicyclic) bond motifs is 3. The minimum Gasteiger partial charge on any atom is -0.481 e. The van der Waals surface area contributed by atoms with Crippen molar-refractivity contribution in [3.8, 4) is 17.0 Å². The topological polar surface area (TPSA) is 99.4 Å². The zero-order valence-corrected chi connectivity index (χ0v) is 22.7. The summed E-state index contributed by atoms with van der Waals surface area (Å²) in [5, 5.41) is 7.14. The lowest BCUT2D eigenvalue weighted by atomic mass is 9.44. The minimum absolute atomic E-state index is 0.0614. The summed E-state index contributed by atoms with van der Waals surface area (Å²) >= 11 is 0. The first-order valence-corrected chi connectivity index (χ1v) is 14.5. The molecule has 0 unspecified atom stereocenters. The molecular weight excluding hydrogens is 511 g/mol. The molecule has 0 radical (unpaired) electrons. The van der Waals surface area contributed by atoms with Gasteiger partial charge in [0.15, 0.2) is 11.6 Å². The number of pyridine rings is 1. The first-order chi connectivity index (χ1) is 19.4. The van der Waals surface area contributed by atoms with Crippen LogP contribution in [0.5, 0.6) is 5.88 Å². The fourth-order valence-electron chi connectivity index (χ4n) is 7.46. The average Bonchev–Trinajstić information content (AvgIpc) is 3.65. The number of benzene rings is 1. The summed E-state index contributed by atoms with van der Waals surface area (Å²) in [5.41, 5.74) is 1.37. The van der Waals surface area contributed by atoms with Crippen LogP contribution in [-0.2, 0) is 21.6 Å². The molecule has 7 aliphatic rings. The highest BCUT2D eigenvalue weighted by Gasteiger charge is 2.61. The van der Waals surface area contributed by atoms with E-state index < -0.39 is 11.4 Å². The molecule has 5 aliphatic carbocycles. The number of carbonyl (C=O) groups is 1. The van der Waals surface area contributed by atoms with Crippen molar-refractivity contribution in [3.63, 3.8) is 0 Å². The number of ether oxygens (including phenoxy) is 2. The van der Waals surface area contributed by atoms with E-state index in [4.69, 9.17) is 19.0 Å². The van der Waals surface area contributed by atoms with E-state index in [1.165, 1.54) is 0 Å². The zero-order chi connectivity index (χ0) is 27.1. The fourth-order valence-corrected chi connectivity index (χ4v) is 7.46. The van der Waals surface area contributed by atoms with Crippen LogP contribution in [-0.4, -0.2) is 34.7 Å². The summed E-state index contributed by atoms with van der Waals surface area (Å²) in [4.78, 5) is 21.9. The molecule has 4 bridgehead atoms. The van der Waals surface area contributed by atoms with Crippen LogP contribution in [0, 0.1) is 22.6 Å². The van der Waals surface area contributed by atoms with E-state index in [9.17, 15) is 4.79 Å². The monoisotopic (exact) mass is 544 g/mol. The molecule has 1 aromatic carbocycles. The Balaban J connectivity index is 1.08. The lowest BCUT2D eigenvalue weighted by molar-refractivity contribution is -0.200. The van der Waals surface area contributed by atoms with Crippen molar-refractivity contribution in [1.29, 1.82) is 0 Å². The van der Waals surface area contributed by atoms with E-state index in [0.717, 1.165) is 69.2 Å². The van der Waals surface area contributed by atoms with Gasteiger partial charge in [-0.15, -0.1) is 0 Å². The number of methoxy groups -OCH3 is 1. The van der Waals surface area contributed by atoms with Crippen molar-refractivity contribution >= 4 is 11.6 Å². The highest BCUT2D eigenvalue weighted by molar-refractivity contribution is 5.98. The molecule has 40 heavy (non-hydrogen) atoms. The number of hydrogen-bond donors (Lipinski definition) is 1. The van der Waals surface area contributed by atoms with Crippen molar-refractivity contribution in [2.45, 2.75) is 75.7 Å². The Morgan fingerprint density at radius 3 is 2.60 bits per heavy atom. The summed E-state index contributed by atoms with van der Waals surface area (Å²) in [5.74, 6) is 2.47. The highest BCUT2D eigenvalue weighted by atomic mass is 19.1. The number of hydrogen-bond acceptors (Lipinski definition) is 7. The molecule has 4 heterocycles. The maximum absolute atomic E-state index is 16.4. The Kier molecular flexibility index (Phi) is 5.25. The number of anilines is 1. The van der Waals surface area contributed by atoms with Gasteiger partial charge >= 0.3 is 0 Å². The molecule has 3 aromatic rings. The van der Waals surface area contributed by atoms with Gasteiger partial charge in [0.05, 0.1) is 24.8 Å². The van der Waals surface area contributed by atoms with Gasteiger partial charge in [-0.2, -0.15) is 4.98 Å². The van der Waals surface area contributed by atoms with E-state index in [-0.39, 0.29) is 22.4 Å². The lowest BCUT2D eigenvalue weighted by Gasteiger charge is -2.60. The van der Waals surface area contributed by atoms with E-state index in [1.54, 1.807) is 31.5 Å². The van der Waals surface area contributed by atoms with Crippen LogP contribution in [0.4, 0.5) is 10.1 Å². The van der Waals surface area contributed by atoms with Gasteiger partial charge in [0.1, 0.15) is 5.60 Å². The second kappa shape index (κ2) is 8.59. The summed E-state index contributed by atoms with van der Waals surface area (Å²) < 4.78 is 33.9. The third-order valence-corrected chi connectivity index (χ3v) is 10.3. The van der Waals surface area contributed by atoms with Gasteiger partial charge in [-0.3, -0.25) is 4.79 Å². The molecule has 9 heteroatoms. The number of halogens is 1. The van der Waals surface area contributed by atoms with Crippen LogP contribution in [0.25, 0.3) is 11.1 Å². The molecule has 1 amide bonds. The van der Waals surface area contributed by atoms with Gasteiger partial charge in [0.25, 0.3) is 5.89 Å². The quantitative estimate of drug-likeness (QED) is 0.376. The predicted octanol–water partition coefficient (Wildman–Crippen LogP) is 5.92. The predicted molar refractivity (Wildman–Crippen MR) is 143 cm³/mol. The lowest BCUT2D eigenvalue weighted by Crippen LogP contribution is -2.58. The van der Waals surface area contributed by atoms with Crippen molar-refractivity contribution in [2.24, 2.45) is 16.7 Å². The van der Waals surface area contributed by atoms with Crippen LogP contribution in [0.3, 0.4) is 0 Å². The number of carbonyl (C=O) groups excluding carboxylic acids is 1. The molecule has 5 saturated carbocycles. The van der Waals surface area contributed by atoms with Gasteiger partial charge in [0, 0.05) is 23.7 Å². The second-order valence-electron chi connectivity index (χ2n) is 13.0. The van der Waals surface area contributed by atoms with Crippen molar-refractivity contribution in [2.75, 3.05) is 19.0 Å². The van der Waals surface area contributed by atoms with Crippen LogP contribution in [0.1, 0.15) is 81.0 Å². The van der Waals surface area contributed by atoms with Crippen LogP contribution in [0.15, 0.2) is 35.0 Å². The number of rotatable bonds is 8. The van der Waals surface area contributed by atoms with E-state index in [2.05, 4.69) is 15.5 Å². The summed E-state index contributed by atoms with van der Waals surface area (Å²) in [6, 6.07) is 7.24. The zero-order valence-electron chi connectivity index (χ0n) is 22.7. The average molecular weight is 545 g/mol. The molecule has 0 atom stereocenters. The van der Waals surface area contributed by atoms with Gasteiger partial charge in [-0.1, -0.05) is 11.2 Å². The van der Waals surface area contributed by atoms with E-state index >= 15 is 4.39 Å². The molecule has 1 N–H and O–H groups in total. The summed E-state index contributed by atoms with van der Waals surface area (Å²) in [6.45, 7) is 0.553. The largest absolute Gasteiger partial charge is 0.481 e. The normalized spacial score (nSPS) is 31.8. The van der Waals surface area contributed by atoms with Gasteiger partial charge in [-0.05, 0) is 98.8 Å². The SMILES string of the molecule is COc1cc(-c2c(CC34CCC(c5nc(C6CC6)no5)(CC3)OC4)ccc(NC(=O)C34CC(C3)C4)c2F)ccn1. The van der Waals surface area contributed by atoms with Crippen LogP contribution < -0.4 is 10.1 Å².